The smallest absolute Gasteiger partial charge is 0.140 e. The topological polar surface area (TPSA) is 35.8 Å². The van der Waals surface area contributed by atoms with Gasteiger partial charge in [-0.1, -0.05) is 0 Å². The van der Waals surface area contributed by atoms with Gasteiger partial charge in [-0.15, -0.1) is 0 Å². The molecule has 0 aromatic carbocycles. The number of pyridine rings is 1. The van der Waals surface area contributed by atoms with E-state index in [1.165, 1.54) is 0 Å². The molecule has 5 rings (SSSR count). The van der Waals surface area contributed by atoms with Gasteiger partial charge in [0, 0.05) is 23.9 Å². The first-order chi connectivity index (χ1) is 9.89. The van der Waals surface area contributed by atoms with E-state index in [9.17, 15) is 0 Å². The zero-order valence-corrected chi connectivity index (χ0v) is 14.1. The maximum absolute atomic E-state index is 5.89. The average Bonchev–Trinajstić information content (AvgIpc) is 2.99. The molecule has 0 N–H and O–H groups in total. The summed E-state index contributed by atoms with van der Waals surface area (Å²) in [5, 5.41) is 0. The highest BCUT2D eigenvalue weighted by Crippen LogP contribution is 2.58. The maximum atomic E-state index is 5.89. The standard InChI is InChI=1S/C16H19BrN2O2/c1-10(2)21-12-4-14-18-13(6-19(14)5-11(12)17)16-7-15(3,8-16)20-9-16/h4-6,10H,7-9H2,1-3H3. The van der Waals surface area contributed by atoms with Gasteiger partial charge in [-0.3, -0.25) is 0 Å². The third-order valence-corrected chi connectivity index (χ3v) is 5.13. The van der Waals surface area contributed by atoms with Gasteiger partial charge in [0.25, 0.3) is 0 Å². The lowest BCUT2D eigenvalue weighted by molar-refractivity contribution is 0.0154. The van der Waals surface area contributed by atoms with Crippen molar-refractivity contribution in [3.8, 4) is 5.75 Å². The van der Waals surface area contributed by atoms with Crippen LogP contribution >= 0.6 is 15.9 Å². The van der Waals surface area contributed by atoms with E-state index in [0.29, 0.717) is 0 Å². The van der Waals surface area contributed by atoms with Gasteiger partial charge in [0.05, 0.1) is 28.5 Å². The van der Waals surface area contributed by atoms with Crippen molar-refractivity contribution in [2.75, 3.05) is 6.61 Å². The van der Waals surface area contributed by atoms with E-state index in [2.05, 4.69) is 33.5 Å². The number of aromatic nitrogens is 2. The Bertz CT molecular complexity index is 716. The van der Waals surface area contributed by atoms with Crippen LogP contribution in [-0.2, 0) is 10.2 Å². The van der Waals surface area contributed by atoms with Crippen LogP contribution < -0.4 is 4.74 Å². The van der Waals surface area contributed by atoms with Gasteiger partial charge >= 0.3 is 0 Å². The van der Waals surface area contributed by atoms with Crippen molar-refractivity contribution in [3.63, 3.8) is 0 Å². The molecule has 2 aromatic heterocycles. The molecule has 3 aliphatic rings. The van der Waals surface area contributed by atoms with E-state index in [1.807, 2.05) is 26.1 Å². The first kappa shape index (κ1) is 13.6. The summed E-state index contributed by atoms with van der Waals surface area (Å²) >= 11 is 3.57. The van der Waals surface area contributed by atoms with Gasteiger partial charge in [-0.05, 0) is 49.5 Å². The molecule has 1 saturated carbocycles. The number of fused-ring (bicyclic) bond motifs is 2. The number of nitrogens with zero attached hydrogens (tertiary/aromatic N) is 2. The van der Waals surface area contributed by atoms with E-state index >= 15 is 0 Å². The van der Waals surface area contributed by atoms with Gasteiger partial charge in [-0.25, -0.2) is 4.98 Å². The van der Waals surface area contributed by atoms with Crippen molar-refractivity contribution in [1.29, 1.82) is 0 Å². The molecule has 21 heavy (non-hydrogen) atoms. The molecular formula is C16H19BrN2O2. The molecule has 2 aromatic rings. The van der Waals surface area contributed by atoms with Crippen molar-refractivity contribution < 1.29 is 9.47 Å². The first-order valence-electron chi connectivity index (χ1n) is 7.39. The quantitative estimate of drug-likeness (QED) is 0.846. The van der Waals surface area contributed by atoms with Crippen LogP contribution in [0, 0.1) is 0 Å². The first-order valence-corrected chi connectivity index (χ1v) is 8.18. The molecule has 112 valence electrons. The molecule has 0 amide bonds. The highest BCUT2D eigenvalue weighted by molar-refractivity contribution is 9.10. The maximum Gasteiger partial charge on any atom is 0.140 e. The number of halogens is 1. The molecule has 4 heterocycles. The summed E-state index contributed by atoms with van der Waals surface area (Å²) in [7, 11) is 0. The van der Waals surface area contributed by atoms with E-state index in [0.717, 1.165) is 41.0 Å². The largest absolute Gasteiger partial charge is 0.490 e. The van der Waals surface area contributed by atoms with Crippen molar-refractivity contribution >= 4 is 21.6 Å². The Morgan fingerprint density at radius 1 is 1.38 bits per heavy atom. The summed E-state index contributed by atoms with van der Waals surface area (Å²) in [6.07, 6.45) is 6.47. The lowest BCUT2D eigenvalue weighted by Crippen LogP contribution is -2.45. The van der Waals surface area contributed by atoms with Gasteiger partial charge in [-0.2, -0.15) is 0 Å². The van der Waals surface area contributed by atoms with Crippen LogP contribution in [0.5, 0.6) is 5.75 Å². The number of hydrogen-bond donors (Lipinski definition) is 0. The monoisotopic (exact) mass is 350 g/mol. The van der Waals surface area contributed by atoms with Crippen LogP contribution in [0.1, 0.15) is 39.3 Å². The van der Waals surface area contributed by atoms with Crippen molar-refractivity contribution in [3.05, 3.63) is 28.6 Å². The van der Waals surface area contributed by atoms with Crippen LogP contribution in [-0.4, -0.2) is 27.7 Å². The Morgan fingerprint density at radius 2 is 2.14 bits per heavy atom. The van der Waals surface area contributed by atoms with E-state index in [4.69, 9.17) is 14.5 Å². The predicted octanol–water partition coefficient (Wildman–Crippen LogP) is 3.70. The van der Waals surface area contributed by atoms with Crippen LogP contribution in [0.25, 0.3) is 5.65 Å². The van der Waals surface area contributed by atoms with Crippen molar-refractivity contribution in [1.82, 2.24) is 9.38 Å². The number of rotatable bonds is 3. The number of hydrogen-bond acceptors (Lipinski definition) is 3. The van der Waals surface area contributed by atoms with Crippen molar-refractivity contribution in [2.24, 2.45) is 0 Å². The van der Waals surface area contributed by atoms with Gasteiger partial charge in [0.1, 0.15) is 11.4 Å². The van der Waals surface area contributed by atoms with Crippen LogP contribution in [0.4, 0.5) is 0 Å². The molecule has 2 bridgehead atoms. The van der Waals surface area contributed by atoms with Crippen molar-refractivity contribution in [2.45, 2.75) is 50.7 Å². The lowest BCUT2D eigenvalue weighted by Gasteiger charge is -2.41. The Balaban J connectivity index is 1.74. The van der Waals surface area contributed by atoms with E-state index in [-0.39, 0.29) is 17.1 Å². The molecule has 0 unspecified atom stereocenters. The third kappa shape index (κ3) is 2.01. The fourth-order valence-corrected chi connectivity index (χ4v) is 4.17. The van der Waals surface area contributed by atoms with Gasteiger partial charge in [0.15, 0.2) is 0 Å². The van der Waals surface area contributed by atoms with Crippen LogP contribution in [0.3, 0.4) is 0 Å². The summed E-state index contributed by atoms with van der Waals surface area (Å²) in [5.74, 6) is 0.841. The minimum atomic E-state index is 0.0856. The molecule has 4 nitrogen and oxygen atoms in total. The minimum Gasteiger partial charge on any atom is -0.490 e. The molecular weight excluding hydrogens is 332 g/mol. The lowest BCUT2D eigenvalue weighted by atomic mass is 9.62. The summed E-state index contributed by atoms with van der Waals surface area (Å²) in [4.78, 5) is 4.83. The number of imidazole rings is 1. The molecule has 0 spiro atoms. The Hall–Kier alpha value is -1.07. The van der Waals surface area contributed by atoms with Crippen LogP contribution in [0.2, 0.25) is 0 Å². The van der Waals surface area contributed by atoms with E-state index < -0.39 is 0 Å². The summed E-state index contributed by atoms with van der Waals surface area (Å²) in [6.45, 7) is 7.04. The Kier molecular flexibility index (Phi) is 2.74. The Labute approximate surface area is 132 Å². The minimum absolute atomic E-state index is 0.0856. The second-order valence-corrected chi connectivity index (χ2v) is 7.77. The third-order valence-electron chi connectivity index (χ3n) is 4.54. The molecule has 5 heteroatoms. The predicted molar refractivity (Wildman–Crippen MR) is 83.9 cm³/mol. The zero-order valence-electron chi connectivity index (χ0n) is 12.5. The molecule has 1 aliphatic carbocycles. The number of ether oxygens (including phenoxy) is 2. The summed E-state index contributed by atoms with van der Waals surface area (Å²) in [5.41, 5.74) is 2.29. The summed E-state index contributed by atoms with van der Waals surface area (Å²) < 4.78 is 14.7. The normalized spacial score (nSPS) is 30.9. The fourth-order valence-electron chi connectivity index (χ4n) is 3.74. The highest BCUT2D eigenvalue weighted by atomic mass is 79.9. The average molecular weight is 351 g/mol. The molecule has 0 atom stereocenters. The second kappa shape index (κ2) is 4.23. The second-order valence-electron chi connectivity index (χ2n) is 6.92. The molecule has 0 radical (unpaired) electrons. The molecule has 3 fully saturated rings. The van der Waals surface area contributed by atoms with Gasteiger partial charge < -0.3 is 13.9 Å². The SMILES string of the molecule is CC(C)Oc1cc2nc(C34COC(C)(C3)C4)cn2cc1Br. The van der Waals surface area contributed by atoms with Crippen LogP contribution in [0.15, 0.2) is 22.9 Å². The molecule has 2 saturated heterocycles. The zero-order chi connectivity index (χ0) is 14.8. The fraction of sp³-hybridized carbons (Fsp3) is 0.562. The highest BCUT2D eigenvalue weighted by Gasteiger charge is 2.61. The Morgan fingerprint density at radius 3 is 2.76 bits per heavy atom. The summed E-state index contributed by atoms with van der Waals surface area (Å²) in [6, 6.07) is 2.00. The van der Waals surface area contributed by atoms with E-state index in [1.54, 1.807) is 0 Å². The van der Waals surface area contributed by atoms with Gasteiger partial charge in [0.2, 0.25) is 0 Å². The molecule has 2 aliphatic heterocycles.